The van der Waals surface area contributed by atoms with Gasteiger partial charge in [-0.15, -0.1) is 12.4 Å². The van der Waals surface area contributed by atoms with Crippen molar-refractivity contribution in [1.29, 1.82) is 0 Å². The third-order valence-electron chi connectivity index (χ3n) is 4.33. The van der Waals surface area contributed by atoms with Crippen molar-refractivity contribution < 1.29 is 9.59 Å². The van der Waals surface area contributed by atoms with Gasteiger partial charge in [-0.3, -0.25) is 9.59 Å². The lowest BCUT2D eigenvalue weighted by Gasteiger charge is -2.29. The molecule has 0 heterocycles. The van der Waals surface area contributed by atoms with Crippen LogP contribution in [0.4, 0.5) is 0 Å². The number of amides is 2. The molecule has 0 bridgehead atoms. The Morgan fingerprint density at radius 3 is 2.41 bits per heavy atom. The zero-order valence-electron chi connectivity index (χ0n) is 14.2. The summed E-state index contributed by atoms with van der Waals surface area (Å²) in [6, 6.07) is 0. The molecule has 130 valence electrons. The van der Waals surface area contributed by atoms with Gasteiger partial charge in [0.25, 0.3) is 0 Å². The summed E-state index contributed by atoms with van der Waals surface area (Å²) in [5.41, 5.74) is 5.57. The number of carbonyl (C=O) groups is 2. The summed E-state index contributed by atoms with van der Waals surface area (Å²) in [5.74, 6) is 0.631. The molecule has 0 atom stereocenters. The number of carbonyl (C=O) groups excluding carboxylic acids is 2. The molecule has 0 radical (unpaired) electrons. The van der Waals surface area contributed by atoms with Gasteiger partial charge >= 0.3 is 0 Å². The van der Waals surface area contributed by atoms with Gasteiger partial charge in [-0.1, -0.05) is 39.5 Å². The van der Waals surface area contributed by atoms with Crippen LogP contribution in [0.5, 0.6) is 0 Å². The fourth-order valence-corrected chi connectivity index (χ4v) is 2.83. The average molecular weight is 334 g/mol. The van der Waals surface area contributed by atoms with Crippen molar-refractivity contribution in [2.75, 3.05) is 26.7 Å². The van der Waals surface area contributed by atoms with Crippen molar-refractivity contribution in [3.8, 4) is 0 Å². The van der Waals surface area contributed by atoms with Gasteiger partial charge in [0.1, 0.15) is 0 Å². The molecule has 6 heteroatoms. The highest BCUT2D eigenvalue weighted by Crippen LogP contribution is 2.28. The minimum absolute atomic E-state index is 0. The number of nitrogens with one attached hydrogen (secondary N) is 1. The Bertz CT molecular complexity index is 355. The van der Waals surface area contributed by atoms with E-state index in [9.17, 15) is 9.59 Å². The van der Waals surface area contributed by atoms with Gasteiger partial charge in [0, 0.05) is 20.0 Å². The second-order valence-electron chi connectivity index (χ2n) is 7.08. The molecule has 0 unspecified atom stereocenters. The smallest absolute Gasteiger partial charge is 0.241 e. The molecule has 1 fully saturated rings. The molecule has 22 heavy (non-hydrogen) atoms. The molecule has 1 rings (SSSR count). The molecular weight excluding hydrogens is 302 g/mol. The molecule has 0 aromatic rings. The van der Waals surface area contributed by atoms with Crippen LogP contribution in [0.2, 0.25) is 0 Å². The van der Waals surface area contributed by atoms with Crippen molar-refractivity contribution in [2.45, 2.75) is 52.4 Å². The Morgan fingerprint density at radius 2 is 1.86 bits per heavy atom. The third-order valence-corrected chi connectivity index (χ3v) is 4.33. The topological polar surface area (TPSA) is 75.4 Å². The highest BCUT2D eigenvalue weighted by Gasteiger charge is 2.21. The number of nitrogens with zero attached hydrogens (tertiary/aromatic N) is 1. The lowest BCUT2D eigenvalue weighted by Crippen LogP contribution is -2.44. The maximum atomic E-state index is 12.0. The van der Waals surface area contributed by atoms with Gasteiger partial charge in [-0.25, -0.2) is 0 Å². The van der Waals surface area contributed by atoms with Crippen LogP contribution in [0.15, 0.2) is 0 Å². The van der Waals surface area contributed by atoms with Crippen LogP contribution < -0.4 is 11.1 Å². The van der Waals surface area contributed by atoms with Gasteiger partial charge in [0.15, 0.2) is 0 Å². The summed E-state index contributed by atoms with van der Waals surface area (Å²) >= 11 is 0. The molecule has 0 aliphatic heterocycles. The maximum Gasteiger partial charge on any atom is 0.241 e. The Labute approximate surface area is 140 Å². The van der Waals surface area contributed by atoms with Crippen molar-refractivity contribution in [1.82, 2.24) is 10.2 Å². The molecule has 0 spiro atoms. The maximum absolute atomic E-state index is 12.0. The Kier molecular flexibility index (Phi) is 9.69. The van der Waals surface area contributed by atoms with E-state index in [-0.39, 0.29) is 36.2 Å². The monoisotopic (exact) mass is 333 g/mol. The lowest BCUT2D eigenvalue weighted by atomic mass is 9.93. The van der Waals surface area contributed by atoms with E-state index in [0.717, 1.165) is 6.42 Å². The van der Waals surface area contributed by atoms with Gasteiger partial charge in [-0.2, -0.15) is 0 Å². The Morgan fingerprint density at radius 1 is 1.27 bits per heavy atom. The highest BCUT2D eigenvalue weighted by atomic mass is 35.5. The Balaban J connectivity index is 0.00000441. The van der Waals surface area contributed by atoms with E-state index in [2.05, 4.69) is 5.32 Å². The van der Waals surface area contributed by atoms with Crippen molar-refractivity contribution >= 4 is 24.2 Å². The van der Waals surface area contributed by atoms with Gasteiger partial charge in [0.05, 0.1) is 6.54 Å². The molecule has 1 saturated carbocycles. The first-order chi connectivity index (χ1) is 9.84. The van der Waals surface area contributed by atoms with E-state index < -0.39 is 0 Å². The van der Waals surface area contributed by atoms with Crippen LogP contribution in [-0.2, 0) is 9.59 Å². The van der Waals surface area contributed by atoms with Crippen LogP contribution in [0.25, 0.3) is 0 Å². The fraction of sp³-hybridized carbons (Fsp3) is 0.875. The van der Waals surface area contributed by atoms with Crippen LogP contribution >= 0.6 is 12.4 Å². The van der Waals surface area contributed by atoms with Crippen molar-refractivity contribution in [3.63, 3.8) is 0 Å². The van der Waals surface area contributed by atoms with E-state index in [1.165, 1.54) is 25.7 Å². The van der Waals surface area contributed by atoms with Crippen LogP contribution in [0.3, 0.4) is 0 Å². The summed E-state index contributed by atoms with van der Waals surface area (Å²) in [4.78, 5) is 25.4. The Hall–Kier alpha value is -0.810. The average Bonchev–Trinajstić information content (AvgIpc) is 2.95. The van der Waals surface area contributed by atoms with Crippen LogP contribution in [-0.4, -0.2) is 43.4 Å². The summed E-state index contributed by atoms with van der Waals surface area (Å²) in [7, 11) is 1.75. The van der Waals surface area contributed by atoms with Crippen molar-refractivity contribution in [3.05, 3.63) is 0 Å². The molecule has 1 aliphatic carbocycles. The normalized spacial score (nSPS) is 15.3. The molecular formula is C16H32ClN3O2. The molecule has 0 aromatic carbocycles. The second kappa shape index (κ2) is 10.1. The molecule has 3 N–H and O–H groups in total. The van der Waals surface area contributed by atoms with E-state index in [1.54, 1.807) is 11.9 Å². The fourth-order valence-electron chi connectivity index (χ4n) is 2.83. The lowest BCUT2D eigenvalue weighted by molar-refractivity contribution is -0.132. The number of likely N-dealkylation sites (N-methyl/N-ethyl adjacent to an activating group) is 1. The van der Waals surface area contributed by atoms with Crippen LogP contribution in [0, 0.1) is 11.3 Å². The molecule has 5 nitrogen and oxygen atoms in total. The van der Waals surface area contributed by atoms with Gasteiger partial charge in [-0.05, 0) is 24.3 Å². The van der Waals surface area contributed by atoms with E-state index in [1.807, 2.05) is 13.8 Å². The second-order valence-corrected chi connectivity index (χ2v) is 7.08. The standard InChI is InChI=1S/C16H31N3O2.ClH/c1-16(2,11-17)12-19(3)15(21)10-18-14(20)9-8-13-6-4-5-7-13;/h13H,4-12,17H2,1-3H3,(H,18,20);1H. The minimum atomic E-state index is -0.100. The predicted molar refractivity (Wildman–Crippen MR) is 91.9 cm³/mol. The number of rotatable bonds is 8. The molecule has 1 aliphatic rings. The molecule has 0 aromatic heterocycles. The van der Waals surface area contributed by atoms with Crippen molar-refractivity contribution in [2.24, 2.45) is 17.1 Å². The largest absolute Gasteiger partial charge is 0.347 e. The zero-order chi connectivity index (χ0) is 15.9. The first-order valence-electron chi connectivity index (χ1n) is 8.05. The highest BCUT2D eigenvalue weighted by molar-refractivity contribution is 5.85. The number of hydrogen-bond donors (Lipinski definition) is 2. The minimum Gasteiger partial charge on any atom is -0.347 e. The predicted octanol–water partition coefficient (Wildman–Crippen LogP) is 1.94. The third kappa shape index (κ3) is 7.99. The SMILES string of the molecule is CN(CC(C)(C)CN)C(=O)CNC(=O)CCC1CCCC1.Cl. The molecule has 2 amide bonds. The zero-order valence-corrected chi connectivity index (χ0v) is 15.0. The van der Waals surface area contributed by atoms with E-state index in [0.29, 0.717) is 25.4 Å². The van der Waals surface area contributed by atoms with E-state index in [4.69, 9.17) is 5.73 Å². The summed E-state index contributed by atoms with van der Waals surface area (Å²) in [6.07, 6.45) is 6.59. The van der Waals surface area contributed by atoms with E-state index >= 15 is 0 Å². The summed E-state index contributed by atoms with van der Waals surface area (Å²) in [5, 5.41) is 2.73. The first kappa shape index (κ1) is 21.2. The summed E-state index contributed by atoms with van der Waals surface area (Å²) < 4.78 is 0. The number of halogens is 1. The molecule has 0 saturated heterocycles. The summed E-state index contributed by atoms with van der Waals surface area (Å²) in [6.45, 7) is 5.26. The number of nitrogens with two attached hydrogens (primary N) is 1. The number of hydrogen-bond acceptors (Lipinski definition) is 3. The van der Waals surface area contributed by atoms with Gasteiger partial charge < -0.3 is 16.0 Å². The first-order valence-corrected chi connectivity index (χ1v) is 8.05. The quantitative estimate of drug-likeness (QED) is 0.712. The van der Waals surface area contributed by atoms with Crippen LogP contribution in [0.1, 0.15) is 52.4 Å². The van der Waals surface area contributed by atoms with Gasteiger partial charge in [0.2, 0.25) is 11.8 Å².